The Morgan fingerprint density at radius 1 is 1.19 bits per heavy atom. The molecule has 1 aromatic carbocycles. The van der Waals surface area contributed by atoms with Crippen molar-refractivity contribution in [1.29, 1.82) is 0 Å². The quantitative estimate of drug-likeness (QED) is 0.669. The molecule has 0 N–H and O–H groups in total. The third-order valence-electron chi connectivity index (χ3n) is 4.67. The molecule has 3 heterocycles. The van der Waals surface area contributed by atoms with E-state index in [4.69, 9.17) is 0 Å². The summed E-state index contributed by atoms with van der Waals surface area (Å²) >= 11 is 0. The lowest BCUT2D eigenvalue weighted by molar-refractivity contribution is -0.134. The summed E-state index contributed by atoms with van der Waals surface area (Å²) in [4.78, 5) is 31.8. The zero-order chi connectivity index (χ0) is 18.3. The van der Waals surface area contributed by atoms with Crippen LogP contribution < -0.4 is 5.56 Å². The topological polar surface area (TPSA) is 98.8 Å². The molecule has 2 aromatic heterocycles. The van der Waals surface area contributed by atoms with E-state index in [1.165, 1.54) is 15.6 Å². The molecule has 9 nitrogen and oxygen atoms in total. The lowest BCUT2D eigenvalue weighted by atomic mass is 10.1. The first-order valence-electron chi connectivity index (χ1n) is 8.18. The van der Waals surface area contributed by atoms with Gasteiger partial charge in [-0.25, -0.2) is 9.67 Å². The minimum absolute atomic E-state index is 0.110. The predicted molar refractivity (Wildman–Crippen MR) is 90.9 cm³/mol. The summed E-state index contributed by atoms with van der Waals surface area (Å²) in [6.07, 6.45) is 1.42. The Kier molecular flexibility index (Phi) is 3.83. The van der Waals surface area contributed by atoms with Crippen LogP contribution in [0.25, 0.3) is 0 Å². The fourth-order valence-electron chi connectivity index (χ4n) is 3.19. The van der Waals surface area contributed by atoms with Gasteiger partial charge in [-0.3, -0.25) is 14.2 Å². The molecule has 0 aliphatic carbocycles. The number of nitrogens with zero attached hydrogens (tertiary/aromatic N) is 7. The number of fused-ring (bicyclic) bond motifs is 1. The minimum atomic E-state index is -0.689. The maximum atomic E-state index is 13.3. The largest absolute Gasteiger partial charge is 0.330 e. The zero-order valence-electron chi connectivity index (χ0n) is 14.4. The number of hydrogen-bond acceptors (Lipinski definition) is 6. The Bertz CT molecular complexity index is 1010. The Hall–Kier alpha value is -3.36. The number of aromatic nitrogens is 6. The van der Waals surface area contributed by atoms with E-state index in [-0.39, 0.29) is 18.0 Å². The van der Waals surface area contributed by atoms with Gasteiger partial charge in [-0.05, 0) is 22.9 Å². The Labute approximate surface area is 148 Å². The zero-order valence-corrected chi connectivity index (χ0v) is 14.4. The second-order valence-corrected chi connectivity index (χ2v) is 6.25. The maximum Gasteiger partial charge on any atom is 0.258 e. The van der Waals surface area contributed by atoms with Gasteiger partial charge in [0.2, 0.25) is 0 Å². The SMILES string of the molecule is Cc1nc2c(c(=O)n1C)CN(C(=O)[C@H](c1ccccc1)n1cnnn1)C2. The van der Waals surface area contributed by atoms with Crippen molar-refractivity contribution < 1.29 is 4.79 Å². The van der Waals surface area contributed by atoms with Crippen LogP contribution in [0.5, 0.6) is 0 Å². The fourth-order valence-corrected chi connectivity index (χ4v) is 3.19. The number of carbonyl (C=O) groups excluding carboxylic acids is 1. The van der Waals surface area contributed by atoms with E-state index in [1.807, 2.05) is 30.3 Å². The number of amides is 1. The van der Waals surface area contributed by atoms with Gasteiger partial charge in [0.05, 0.1) is 24.3 Å². The molecular weight excluding hydrogens is 334 g/mol. The molecule has 1 amide bonds. The number of carbonyl (C=O) groups is 1. The van der Waals surface area contributed by atoms with Crippen molar-refractivity contribution in [1.82, 2.24) is 34.7 Å². The highest BCUT2D eigenvalue weighted by atomic mass is 16.2. The minimum Gasteiger partial charge on any atom is -0.330 e. The summed E-state index contributed by atoms with van der Waals surface area (Å²) in [5, 5.41) is 11.2. The van der Waals surface area contributed by atoms with Gasteiger partial charge in [0.1, 0.15) is 12.2 Å². The van der Waals surface area contributed by atoms with Crippen LogP contribution in [-0.4, -0.2) is 40.6 Å². The number of tetrazole rings is 1. The Morgan fingerprint density at radius 2 is 1.96 bits per heavy atom. The predicted octanol–water partition coefficient (Wildman–Crippen LogP) is 0.207. The van der Waals surface area contributed by atoms with E-state index in [2.05, 4.69) is 20.5 Å². The molecular formula is C17H17N7O2. The molecule has 0 saturated heterocycles. The molecule has 9 heteroatoms. The van der Waals surface area contributed by atoms with Crippen LogP contribution in [0, 0.1) is 6.92 Å². The van der Waals surface area contributed by atoms with Crippen molar-refractivity contribution in [3.63, 3.8) is 0 Å². The lowest BCUT2D eigenvalue weighted by Gasteiger charge is -2.22. The first kappa shape index (κ1) is 16.1. The molecule has 1 atom stereocenters. The summed E-state index contributed by atoms with van der Waals surface area (Å²) in [6, 6.07) is 8.63. The monoisotopic (exact) mass is 351 g/mol. The van der Waals surface area contributed by atoms with Crippen molar-refractivity contribution in [2.45, 2.75) is 26.1 Å². The number of rotatable bonds is 3. The molecule has 0 bridgehead atoms. The van der Waals surface area contributed by atoms with Crippen molar-refractivity contribution in [2.24, 2.45) is 7.05 Å². The van der Waals surface area contributed by atoms with Gasteiger partial charge in [-0.2, -0.15) is 0 Å². The van der Waals surface area contributed by atoms with E-state index < -0.39 is 6.04 Å². The van der Waals surface area contributed by atoms with Crippen molar-refractivity contribution >= 4 is 5.91 Å². The number of hydrogen-bond donors (Lipinski definition) is 0. The first-order valence-corrected chi connectivity index (χ1v) is 8.18. The molecule has 132 valence electrons. The average Bonchev–Trinajstić information content (AvgIpc) is 3.31. The van der Waals surface area contributed by atoms with Crippen molar-refractivity contribution in [2.75, 3.05) is 0 Å². The van der Waals surface area contributed by atoms with Crippen LogP contribution in [0.4, 0.5) is 0 Å². The van der Waals surface area contributed by atoms with Crippen LogP contribution in [0.3, 0.4) is 0 Å². The molecule has 26 heavy (non-hydrogen) atoms. The van der Waals surface area contributed by atoms with Gasteiger partial charge in [-0.1, -0.05) is 30.3 Å². The summed E-state index contributed by atoms with van der Waals surface area (Å²) in [5.41, 5.74) is 1.89. The molecule has 0 saturated carbocycles. The van der Waals surface area contributed by atoms with E-state index in [1.54, 1.807) is 18.9 Å². The lowest BCUT2D eigenvalue weighted by Crippen LogP contribution is -2.35. The Morgan fingerprint density at radius 3 is 2.65 bits per heavy atom. The summed E-state index contributed by atoms with van der Waals surface area (Å²) in [5.74, 6) is 0.448. The average molecular weight is 351 g/mol. The molecule has 0 spiro atoms. The van der Waals surface area contributed by atoms with Crippen LogP contribution in [0.15, 0.2) is 41.5 Å². The van der Waals surface area contributed by atoms with Gasteiger partial charge in [0.15, 0.2) is 6.04 Å². The summed E-state index contributed by atoms with van der Waals surface area (Å²) < 4.78 is 2.93. The van der Waals surface area contributed by atoms with Crippen molar-refractivity contribution in [3.05, 3.63) is 69.7 Å². The maximum absolute atomic E-state index is 13.3. The normalized spacial score (nSPS) is 14.3. The third-order valence-corrected chi connectivity index (χ3v) is 4.67. The van der Waals surface area contributed by atoms with Crippen molar-refractivity contribution in [3.8, 4) is 0 Å². The highest BCUT2D eigenvalue weighted by Crippen LogP contribution is 2.25. The Balaban J connectivity index is 1.70. The standard InChI is InChI=1S/C17H17N7O2/c1-11-19-14-9-23(8-13(14)16(25)22(11)2)17(26)15(24-10-18-20-21-24)12-6-4-3-5-7-12/h3-7,10,15H,8-9H2,1-2H3/t15-/m0/s1. The smallest absolute Gasteiger partial charge is 0.258 e. The molecule has 0 radical (unpaired) electrons. The molecule has 1 aliphatic rings. The summed E-state index contributed by atoms with van der Waals surface area (Å²) in [6.45, 7) is 2.32. The molecule has 4 rings (SSSR count). The van der Waals surface area contributed by atoms with E-state index in [9.17, 15) is 9.59 Å². The van der Waals surface area contributed by atoms with Gasteiger partial charge < -0.3 is 4.90 Å². The number of aryl methyl sites for hydroxylation is 1. The van der Waals surface area contributed by atoms with Gasteiger partial charge >= 0.3 is 0 Å². The van der Waals surface area contributed by atoms with E-state index in [0.29, 0.717) is 23.6 Å². The molecule has 0 unspecified atom stereocenters. The summed E-state index contributed by atoms with van der Waals surface area (Å²) in [7, 11) is 1.68. The van der Waals surface area contributed by atoms with Gasteiger partial charge in [0, 0.05) is 7.05 Å². The van der Waals surface area contributed by atoms with Gasteiger partial charge in [0.25, 0.3) is 11.5 Å². The van der Waals surface area contributed by atoms with E-state index >= 15 is 0 Å². The highest BCUT2D eigenvalue weighted by molar-refractivity contribution is 5.84. The molecule has 0 fully saturated rings. The third kappa shape index (κ3) is 2.57. The van der Waals surface area contributed by atoms with Gasteiger partial charge in [-0.15, -0.1) is 5.10 Å². The van der Waals surface area contributed by atoms with Crippen LogP contribution in [0.1, 0.15) is 28.7 Å². The fraction of sp³-hybridized carbons (Fsp3) is 0.294. The first-order chi connectivity index (χ1) is 12.6. The van der Waals surface area contributed by atoms with Crippen LogP contribution in [0.2, 0.25) is 0 Å². The second kappa shape index (κ2) is 6.17. The van der Waals surface area contributed by atoms with Crippen LogP contribution >= 0.6 is 0 Å². The van der Waals surface area contributed by atoms with Crippen LogP contribution in [-0.2, 0) is 24.9 Å². The second-order valence-electron chi connectivity index (χ2n) is 6.25. The molecule has 3 aromatic rings. The highest BCUT2D eigenvalue weighted by Gasteiger charge is 2.34. The van der Waals surface area contributed by atoms with E-state index in [0.717, 1.165) is 5.56 Å². The molecule has 1 aliphatic heterocycles. The number of benzene rings is 1.